The van der Waals surface area contributed by atoms with Crippen LogP contribution in [-0.4, -0.2) is 33.7 Å². The molecule has 2 N–H and O–H groups in total. The fourth-order valence-electron chi connectivity index (χ4n) is 1.27. The van der Waals surface area contributed by atoms with Gasteiger partial charge in [-0.3, -0.25) is 0 Å². The average Bonchev–Trinajstić information content (AvgIpc) is 2.47. The maximum Gasteiger partial charge on any atom is 0.115 e. The molecule has 5 heteroatoms. The number of hydrogen-bond donors (Lipinski definition) is 2. The van der Waals surface area contributed by atoms with Gasteiger partial charge in [0.25, 0.3) is 0 Å². The van der Waals surface area contributed by atoms with Crippen LogP contribution in [0.4, 0.5) is 0 Å². The molecule has 0 aliphatic carbocycles. The van der Waals surface area contributed by atoms with Crippen LogP contribution >= 0.6 is 0 Å². The van der Waals surface area contributed by atoms with Gasteiger partial charge in [-0.1, -0.05) is 5.21 Å². The number of nitrogens with one attached hydrogen (secondary N) is 1. The number of hydrogen-bond acceptors (Lipinski definition) is 4. The van der Waals surface area contributed by atoms with Crippen LogP contribution in [0.15, 0.2) is 0 Å². The van der Waals surface area contributed by atoms with Crippen molar-refractivity contribution in [2.75, 3.05) is 13.6 Å². The molecule has 0 saturated carbocycles. The quantitative estimate of drug-likeness (QED) is 0.683. The number of aliphatic hydroxyl groups excluding tert-OH is 1. The number of aryl methyl sites for hydroxylation is 1. The van der Waals surface area contributed by atoms with Crippen LogP contribution in [0.3, 0.4) is 0 Å². The molecular formula is C8H16N4O. The Kier molecular flexibility index (Phi) is 3.39. The predicted octanol–water partition coefficient (Wildman–Crippen LogP) is -0.141. The molecule has 0 amide bonds. The lowest BCUT2D eigenvalue weighted by Gasteiger charge is -2.07. The molecule has 0 saturated heterocycles. The van der Waals surface area contributed by atoms with Gasteiger partial charge in [0.1, 0.15) is 11.8 Å². The van der Waals surface area contributed by atoms with Gasteiger partial charge in [-0.25, -0.2) is 4.68 Å². The molecule has 13 heavy (non-hydrogen) atoms. The minimum absolute atomic E-state index is 0.503. The first-order valence-electron chi connectivity index (χ1n) is 4.43. The molecule has 1 rings (SSSR count). The lowest BCUT2D eigenvalue weighted by Crippen LogP contribution is -2.17. The standard InChI is InChI=1S/C8H16N4O/c1-4-12-6(2)8(10-11-12)7(13)5-9-3/h7,9,13H,4-5H2,1-3H3. The molecule has 1 aromatic rings. The smallest absolute Gasteiger partial charge is 0.115 e. The highest BCUT2D eigenvalue weighted by atomic mass is 16.3. The monoisotopic (exact) mass is 184 g/mol. The third-order valence-electron chi connectivity index (χ3n) is 2.03. The predicted molar refractivity (Wildman–Crippen MR) is 49.3 cm³/mol. The van der Waals surface area contributed by atoms with Crippen LogP contribution in [0, 0.1) is 6.92 Å². The largest absolute Gasteiger partial charge is 0.385 e. The lowest BCUT2D eigenvalue weighted by atomic mass is 10.2. The van der Waals surface area contributed by atoms with Crippen LogP contribution in [0.5, 0.6) is 0 Å². The van der Waals surface area contributed by atoms with Crippen molar-refractivity contribution in [1.29, 1.82) is 0 Å². The van der Waals surface area contributed by atoms with Gasteiger partial charge in [-0.2, -0.15) is 0 Å². The summed E-state index contributed by atoms with van der Waals surface area (Å²) in [6, 6.07) is 0. The first-order valence-corrected chi connectivity index (χ1v) is 4.43. The first kappa shape index (κ1) is 10.1. The van der Waals surface area contributed by atoms with Crippen molar-refractivity contribution in [1.82, 2.24) is 20.3 Å². The second-order valence-electron chi connectivity index (χ2n) is 2.95. The normalized spacial score (nSPS) is 13.2. The summed E-state index contributed by atoms with van der Waals surface area (Å²) in [6.07, 6.45) is -0.565. The Morgan fingerprint density at radius 3 is 2.77 bits per heavy atom. The molecule has 1 heterocycles. The molecule has 0 bridgehead atoms. The van der Waals surface area contributed by atoms with Gasteiger partial charge >= 0.3 is 0 Å². The maximum absolute atomic E-state index is 9.63. The molecule has 1 unspecified atom stereocenters. The zero-order valence-electron chi connectivity index (χ0n) is 8.28. The Labute approximate surface area is 77.8 Å². The van der Waals surface area contributed by atoms with Crippen LogP contribution in [-0.2, 0) is 6.54 Å². The van der Waals surface area contributed by atoms with Gasteiger partial charge in [-0.05, 0) is 20.9 Å². The second kappa shape index (κ2) is 4.34. The first-order chi connectivity index (χ1) is 6.20. The molecule has 0 aliphatic heterocycles. The van der Waals surface area contributed by atoms with Crippen molar-refractivity contribution < 1.29 is 5.11 Å². The van der Waals surface area contributed by atoms with Gasteiger partial charge in [-0.15, -0.1) is 5.10 Å². The molecule has 0 spiro atoms. The summed E-state index contributed by atoms with van der Waals surface area (Å²) in [5.74, 6) is 0. The zero-order valence-corrected chi connectivity index (χ0v) is 8.28. The molecule has 5 nitrogen and oxygen atoms in total. The highest BCUT2D eigenvalue weighted by Crippen LogP contribution is 2.12. The average molecular weight is 184 g/mol. The van der Waals surface area contributed by atoms with E-state index in [9.17, 15) is 5.11 Å². The molecule has 1 atom stereocenters. The fourth-order valence-corrected chi connectivity index (χ4v) is 1.27. The Morgan fingerprint density at radius 1 is 1.62 bits per heavy atom. The number of aliphatic hydroxyl groups is 1. The SMILES string of the molecule is CCn1nnc(C(O)CNC)c1C. The van der Waals surface area contributed by atoms with E-state index in [0.29, 0.717) is 12.2 Å². The molecular weight excluding hydrogens is 168 g/mol. The summed E-state index contributed by atoms with van der Waals surface area (Å²) in [7, 11) is 1.79. The van der Waals surface area contributed by atoms with Crippen molar-refractivity contribution in [3.63, 3.8) is 0 Å². The van der Waals surface area contributed by atoms with Crippen LogP contribution in [0.25, 0.3) is 0 Å². The third-order valence-corrected chi connectivity index (χ3v) is 2.03. The number of aromatic nitrogens is 3. The summed E-state index contributed by atoms with van der Waals surface area (Å²) >= 11 is 0. The van der Waals surface area contributed by atoms with Gasteiger partial charge in [0.2, 0.25) is 0 Å². The second-order valence-corrected chi connectivity index (χ2v) is 2.95. The Hall–Kier alpha value is -0.940. The van der Waals surface area contributed by atoms with E-state index in [1.54, 1.807) is 11.7 Å². The van der Waals surface area contributed by atoms with E-state index >= 15 is 0 Å². The van der Waals surface area contributed by atoms with Gasteiger partial charge in [0, 0.05) is 13.1 Å². The summed E-state index contributed by atoms with van der Waals surface area (Å²) < 4.78 is 1.77. The topological polar surface area (TPSA) is 63.0 Å². The van der Waals surface area contributed by atoms with E-state index in [2.05, 4.69) is 15.6 Å². The summed E-state index contributed by atoms with van der Waals surface area (Å²) in [6.45, 7) is 5.20. The Balaban J connectivity index is 2.82. The molecule has 74 valence electrons. The Bertz CT molecular complexity index is 271. The molecule has 1 aromatic heterocycles. The number of likely N-dealkylation sites (N-methyl/N-ethyl adjacent to an activating group) is 1. The van der Waals surface area contributed by atoms with Crippen LogP contribution in [0.1, 0.15) is 24.4 Å². The summed E-state index contributed by atoms with van der Waals surface area (Å²) in [4.78, 5) is 0. The van der Waals surface area contributed by atoms with Crippen molar-refractivity contribution in [3.05, 3.63) is 11.4 Å². The fraction of sp³-hybridized carbons (Fsp3) is 0.750. The zero-order chi connectivity index (χ0) is 9.84. The van der Waals surface area contributed by atoms with Crippen molar-refractivity contribution >= 4 is 0 Å². The van der Waals surface area contributed by atoms with E-state index in [4.69, 9.17) is 0 Å². The molecule has 0 fully saturated rings. The van der Waals surface area contributed by atoms with Gasteiger partial charge in [0.05, 0.1) is 5.69 Å². The van der Waals surface area contributed by atoms with Crippen LogP contribution < -0.4 is 5.32 Å². The lowest BCUT2D eigenvalue weighted by molar-refractivity contribution is 0.172. The van der Waals surface area contributed by atoms with Crippen molar-refractivity contribution in [3.8, 4) is 0 Å². The summed E-state index contributed by atoms with van der Waals surface area (Å²) in [5, 5.41) is 20.4. The Morgan fingerprint density at radius 2 is 2.31 bits per heavy atom. The van der Waals surface area contributed by atoms with Gasteiger partial charge in [0.15, 0.2) is 0 Å². The van der Waals surface area contributed by atoms with Gasteiger partial charge < -0.3 is 10.4 Å². The number of rotatable bonds is 4. The third kappa shape index (κ3) is 2.05. The van der Waals surface area contributed by atoms with E-state index in [-0.39, 0.29) is 0 Å². The highest BCUT2D eigenvalue weighted by Gasteiger charge is 2.15. The van der Waals surface area contributed by atoms with Crippen LogP contribution in [0.2, 0.25) is 0 Å². The summed E-state index contributed by atoms with van der Waals surface area (Å²) in [5.41, 5.74) is 1.60. The molecule has 0 radical (unpaired) electrons. The van der Waals surface area contributed by atoms with E-state index in [1.165, 1.54) is 0 Å². The minimum atomic E-state index is -0.565. The molecule has 0 aromatic carbocycles. The number of nitrogens with zero attached hydrogens (tertiary/aromatic N) is 3. The van der Waals surface area contributed by atoms with E-state index in [0.717, 1.165) is 12.2 Å². The van der Waals surface area contributed by atoms with Crippen molar-refractivity contribution in [2.24, 2.45) is 0 Å². The highest BCUT2D eigenvalue weighted by molar-refractivity contribution is 5.11. The maximum atomic E-state index is 9.63. The van der Waals surface area contributed by atoms with Crippen molar-refractivity contribution in [2.45, 2.75) is 26.5 Å². The van der Waals surface area contributed by atoms with E-state index in [1.807, 2.05) is 13.8 Å². The van der Waals surface area contributed by atoms with E-state index < -0.39 is 6.10 Å². The molecule has 0 aliphatic rings. The minimum Gasteiger partial charge on any atom is -0.385 e.